The topological polar surface area (TPSA) is 192 Å². The van der Waals surface area contributed by atoms with Crippen molar-refractivity contribution in [3.05, 3.63) is 281 Å². The van der Waals surface area contributed by atoms with Crippen LogP contribution in [0.5, 0.6) is 23.0 Å². The van der Waals surface area contributed by atoms with E-state index in [1.165, 1.54) is 0 Å². The van der Waals surface area contributed by atoms with Crippen molar-refractivity contribution >= 4 is 41.0 Å². The van der Waals surface area contributed by atoms with Crippen molar-refractivity contribution in [3.8, 4) is 90.5 Å². The van der Waals surface area contributed by atoms with Crippen LogP contribution in [0.1, 0.15) is 67.3 Å². The molecule has 468 valence electrons. The van der Waals surface area contributed by atoms with Crippen LogP contribution in [-0.4, -0.2) is 37.0 Å². The molecule has 0 saturated heterocycles. The van der Waals surface area contributed by atoms with Gasteiger partial charge in [-0.05, 0) is 158 Å². The van der Waals surface area contributed by atoms with Crippen LogP contribution in [0.25, 0.3) is 67.5 Å². The first-order valence-electron chi connectivity index (χ1n) is 30.9. The number of anilines is 3. The first-order chi connectivity index (χ1) is 45.5. The summed E-state index contributed by atoms with van der Waals surface area (Å²) >= 11 is 11.9. The molecule has 0 radical (unpaired) electrons. The number of nitrogens with two attached hydrogens (primary N) is 3. The molecule has 6 N–H and O–H groups in total. The Kier molecular flexibility index (Phi) is 23.1. The highest BCUT2D eigenvalue weighted by molar-refractivity contribution is 6.30. The molecular weight excluding hydrogens is 1200 g/mol. The second-order valence-electron chi connectivity index (χ2n) is 21.9. The van der Waals surface area contributed by atoms with Gasteiger partial charge in [-0.15, -0.1) is 0 Å². The summed E-state index contributed by atoms with van der Waals surface area (Å²) in [5, 5.41) is 1.43. The molecule has 0 fully saturated rings. The standard InChI is InChI=1S/C28H29N3O2.C27H26ClN3O.C23H18ClN3O/c1-3-4-10-25-26(21-8-6-5-7-9-21)30-28(29)31-27(25)22-13-17-24(18-14-22)33-19-20-11-15-23(32-2)16-12-20;1-2-3-9-24-25(20-7-5-4-6-8-20)30-27(29)31-26(24)21-12-16-23(17-13-21)32-18-19-10-14-22(28)15-11-19;24-19-10-6-16(7-11-19)15-28-20-12-8-18(9-13-20)22-14-21(26-23(25)27-22)17-4-2-1-3-5-17/h5-9,11-18H,3-4,10,19H2,1-2H3,(H2,29,30,31);4-8,10-17H,2-3,9,18H2,1H3,(H2,29,30,31);1-14H,15H2,(H2,25,26,27). The zero-order valence-electron chi connectivity index (χ0n) is 52.3. The highest BCUT2D eigenvalue weighted by atomic mass is 35.5. The molecule has 3 aromatic heterocycles. The van der Waals surface area contributed by atoms with E-state index in [0.29, 0.717) is 24.8 Å². The van der Waals surface area contributed by atoms with Gasteiger partial charge in [0, 0.05) is 54.6 Å². The minimum absolute atomic E-state index is 0.249. The zero-order valence-corrected chi connectivity index (χ0v) is 53.8. The number of benzene rings is 9. The Hall–Kier alpha value is -10.6. The number of rotatable bonds is 22. The van der Waals surface area contributed by atoms with Crippen LogP contribution >= 0.6 is 23.2 Å². The van der Waals surface area contributed by atoms with Gasteiger partial charge in [-0.3, -0.25) is 0 Å². The zero-order chi connectivity index (χ0) is 64.7. The molecule has 3 heterocycles. The predicted octanol–water partition coefficient (Wildman–Crippen LogP) is 18.9. The SMILES string of the molecule is CCCCc1c(-c2ccccc2)nc(N)nc1-c1ccc(OCc2ccc(Cl)cc2)cc1.CCCCc1c(-c2ccccc2)nc(N)nc1-c1ccc(OCc2ccc(OC)cc2)cc1.Nc1nc(-c2ccccc2)cc(-c2ccc(OCc3ccc(Cl)cc3)cc2)n1. The highest BCUT2D eigenvalue weighted by Gasteiger charge is 2.19. The van der Waals surface area contributed by atoms with Gasteiger partial charge in [0.15, 0.2) is 0 Å². The smallest absolute Gasteiger partial charge is 0.221 e. The summed E-state index contributed by atoms with van der Waals surface area (Å²) in [7, 11) is 1.66. The van der Waals surface area contributed by atoms with Crippen molar-refractivity contribution in [2.45, 2.75) is 72.2 Å². The molecular formula is C78H73Cl2N9O4. The fourth-order valence-corrected chi connectivity index (χ4v) is 10.5. The number of aromatic nitrogens is 6. The minimum atomic E-state index is 0.249. The third kappa shape index (κ3) is 18.5. The molecule has 0 saturated carbocycles. The Morgan fingerprint density at radius 3 is 0.935 bits per heavy atom. The van der Waals surface area contributed by atoms with E-state index in [2.05, 4.69) is 68.0 Å². The predicted molar refractivity (Wildman–Crippen MR) is 378 cm³/mol. The van der Waals surface area contributed by atoms with Gasteiger partial charge < -0.3 is 36.1 Å². The Morgan fingerprint density at radius 1 is 0.323 bits per heavy atom. The number of hydrogen-bond acceptors (Lipinski definition) is 13. The van der Waals surface area contributed by atoms with Gasteiger partial charge in [0.2, 0.25) is 17.8 Å². The maximum Gasteiger partial charge on any atom is 0.221 e. The summed E-state index contributed by atoms with van der Waals surface area (Å²) in [5.74, 6) is 4.02. The molecule has 0 amide bonds. The monoisotopic (exact) mass is 1270 g/mol. The van der Waals surface area contributed by atoms with Gasteiger partial charge >= 0.3 is 0 Å². The molecule has 9 aromatic carbocycles. The number of unbranched alkanes of at least 4 members (excludes halogenated alkanes) is 2. The average Bonchev–Trinajstić information content (AvgIpc) is 0.860. The first-order valence-corrected chi connectivity index (χ1v) is 31.7. The number of hydrogen-bond donors (Lipinski definition) is 3. The van der Waals surface area contributed by atoms with Crippen LogP contribution in [0, 0.1) is 0 Å². The summed E-state index contributed by atoms with van der Waals surface area (Å²) in [6.45, 7) is 5.83. The lowest BCUT2D eigenvalue weighted by molar-refractivity contribution is 0.306. The van der Waals surface area contributed by atoms with E-state index in [4.69, 9.17) is 59.4 Å². The van der Waals surface area contributed by atoms with E-state index in [1.54, 1.807) is 7.11 Å². The number of halogens is 2. The minimum Gasteiger partial charge on any atom is -0.497 e. The van der Waals surface area contributed by atoms with Crippen molar-refractivity contribution < 1.29 is 18.9 Å². The van der Waals surface area contributed by atoms with Gasteiger partial charge in [0.05, 0.1) is 41.3 Å². The van der Waals surface area contributed by atoms with E-state index in [-0.39, 0.29) is 17.8 Å². The lowest BCUT2D eigenvalue weighted by Gasteiger charge is -2.15. The molecule has 0 aliphatic rings. The van der Waals surface area contributed by atoms with Gasteiger partial charge in [-0.1, -0.05) is 177 Å². The Bertz CT molecular complexity index is 4290. The summed E-state index contributed by atoms with van der Waals surface area (Å²) in [6, 6.07) is 79.1. The van der Waals surface area contributed by atoms with Crippen LogP contribution in [0.4, 0.5) is 17.8 Å². The Morgan fingerprint density at radius 2 is 0.602 bits per heavy atom. The van der Waals surface area contributed by atoms with Crippen LogP contribution in [0.3, 0.4) is 0 Å². The average molecular weight is 1270 g/mol. The van der Waals surface area contributed by atoms with E-state index >= 15 is 0 Å². The second-order valence-corrected chi connectivity index (χ2v) is 22.7. The van der Waals surface area contributed by atoms with Gasteiger partial charge in [-0.25, -0.2) is 29.9 Å². The van der Waals surface area contributed by atoms with Crippen molar-refractivity contribution in [1.29, 1.82) is 0 Å². The quantitative estimate of drug-likeness (QED) is 0.0581. The molecule has 12 rings (SSSR count). The van der Waals surface area contributed by atoms with Crippen LogP contribution in [0.15, 0.2) is 243 Å². The van der Waals surface area contributed by atoms with E-state index in [9.17, 15) is 0 Å². The highest BCUT2D eigenvalue weighted by Crippen LogP contribution is 2.36. The molecule has 0 atom stereocenters. The van der Waals surface area contributed by atoms with Gasteiger partial charge in [-0.2, -0.15) is 0 Å². The second kappa shape index (κ2) is 32.9. The lowest BCUT2D eigenvalue weighted by atomic mass is 9.96. The third-order valence-electron chi connectivity index (χ3n) is 15.1. The lowest BCUT2D eigenvalue weighted by Crippen LogP contribution is -2.05. The maximum absolute atomic E-state index is 6.14. The number of methoxy groups -OCH3 is 1. The molecule has 0 aliphatic carbocycles. The summed E-state index contributed by atoms with van der Waals surface area (Å²) in [4.78, 5) is 27.2. The van der Waals surface area contributed by atoms with Gasteiger partial charge in [0.25, 0.3) is 0 Å². The number of ether oxygens (including phenoxy) is 4. The number of nitrogens with zero attached hydrogens (tertiary/aromatic N) is 6. The molecule has 0 bridgehead atoms. The Labute approximate surface area is 554 Å². The van der Waals surface area contributed by atoms with Crippen molar-refractivity contribution in [2.75, 3.05) is 24.3 Å². The largest absolute Gasteiger partial charge is 0.497 e. The van der Waals surface area contributed by atoms with Crippen LogP contribution in [0.2, 0.25) is 10.0 Å². The fourth-order valence-electron chi connectivity index (χ4n) is 10.2. The molecule has 0 aliphatic heterocycles. The summed E-state index contributed by atoms with van der Waals surface area (Å²) in [5.41, 5.74) is 34.9. The summed E-state index contributed by atoms with van der Waals surface area (Å²) in [6.07, 6.45) is 6.09. The molecule has 0 spiro atoms. The number of nitrogen functional groups attached to an aromatic ring is 3. The molecule has 12 aromatic rings. The van der Waals surface area contributed by atoms with Gasteiger partial charge in [0.1, 0.15) is 42.8 Å². The molecule has 0 unspecified atom stereocenters. The fraction of sp³-hybridized carbons (Fsp3) is 0.154. The van der Waals surface area contributed by atoms with E-state index in [0.717, 1.165) is 162 Å². The normalized spacial score (nSPS) is 10.7. The Balaban J connectivity index is 0.000000153. The van der Waals surface area contributed by atoms with Crippen LogP contribution in [-0.2, 0) is 32.7 Å². The summed E-state index contributed by atoms with van der Waals surface area (Å²) < 4.78 is 22.9. The van der Waals surface area contributed by atoms with Crippen molar-refractivity contribution in [3.63, 3.8) is 0 Å². The molecule has 15 heteroatoms. The van der Waals surface area contributed by atoms with E-state index < -0.39 is 0 Å². The van der Waals surface area contributed by atoms with E-state index in [1.807, 2.05) is 218 Å². The molecule has 13 nitrogen and oxygen atoms in total. The van der Waals surface area contributed by atoms with Crippen LogP contribution < -0.4 is 36.1 Å². The van der Waals surface area contributed by atoms with Crippen molar-refractivity contribution in [1.82, 2.24) is 29.9 Å². The third-order valence-corrected chi connectivity index (χ3v) is 15.6. The maximum atomic E-state index is 6.14. The first kappa shape index (κ1) is 65.4. The molecule has 93 heavy (non-hydrogen) atoms. The van der Waals surface area contributed by atoms with Crippen molar-refractivity contribution in [2.24, 2.45) is 0 Å².